The summed E-state index contributed by atoms with van der Waals surface area (Å²) in [5, 5.41) is 0. The van der Waals surface area contributed by atoms with Crippen molar-refractivity contribution in [2.75, 3.05) is 13.2 Å². The Labute approximate surface area is 409 Å². The zero-order chi connectivity index (χ0) is 47.9. The molecule has 0 rings (SSSR count). The standard InChI is InChI=1S/C60H108O6/c1-4-7-10-13-16-19-22-24-26-27-28-29-30-31-32-33-34-36-38-41-44-47-50-53-59(62)65-56-57(55-64-58(61)52-49-46-43-40-37-21-18-15-12-9-6-3)66-60(63)54-51-48-45-42-39-35-25-23-20-17-14-11-8-5-2/h7,10,16,19,24,26,28-29,57H,4-6,8-9,11-15,17-18,20-23,25,27,30-56H2,1-3H3/b10-7-,19-16-,26-24-,29-28-. The summed E-state index contributed by atoms with van der Waals surface area (Å²) in [6.07, 6.45) is 66.7. The predicted molar refractivity (Wildman–Crippen MR) is 284 cm³/mol. The van der Waals surface area contributed by atoms with E-state index in [0.717, 1.165) is 83.5 Å². The first-order valence-electron chi connectivity index (χ1n) is 28.6. The van der Waals surface area contributed by atoms with Crippen LogP contribution in [0, 0.1) is 0 Å². The smallest absolute Gasteiger partial charge is 0.306 e. The molecule has 0 saturated carbocycles. The van der Waals surface area contributed by atoms with Crippen molar-refractivity contribution in [3.05, 3.63) is 48.6 Å². The molecule has 0 bridgehead atoms. The highest BCUT2D eigenvalue weighted by Gasteiger charge is 2.19. The quantitative estimate of drug-likeness (QED) is 0.0262. The summed E-state index contributed by atoms with van der Waals surface area (Å²) in [7, 11) is 0. The Balaban J connectivity index is 4.26. The Kier molecular flexibility index (Phi) is 52.8. The predicted octanol–water partition coefficient (Wildman–Crippen LogP) is 19.0. The molecule has 0 heterocycles. The van der Waals surface area contributed by atoms with Gasteiger partial charge in [0, 0.05) is 19.3 Å². The second-order valence-corrected chi connectivity index (χ2v) is 19.2. The molecule has 1 unspecified atom stereocenters. The van der Waals surface area contributed by atoms with Crippen molar-refractivity contribution in [3.8, 4) is 0 Å². The van der Waals surface area contributed by atoms with Crippen LogP contribution in [0.15, 0.2) is 48.6 Å². The van der Waals surface area contributed by atoms with E-state index < -0.39 is 6.10 Å². The van der Waals surface area contributed by atoms with Gasteiger partial charge in [-0.25, -0.2) is 0 Å². The van der Waals surface area contributed by atoms with Crippen molar-refractivity contribution in [2.24, 2.45) is 0 Å². The van der Waals surface area contributed by atoms with Crippen molar-refractivity contribution < 1.29 is 28.6 Å². The molecule has 1 atom stereocenters. The second-order valence-electron chi connectivity index (χ2n) is 19.2. The Bertz CT molecular complexity index is 1150. The maximum absolute atomic E-state index is 12.8. The molecule has 0 aliphatic carbocycles. The van der Waals surface area contributed by atoms with Crippen LogP contribution in [0.4, 0.5) is 0 Å². The van der Waals surface area contributed by atoms with E-state index in [1.807, 2.05) is 0 Å². The van der Waals surface area contributed by atoms with E-state index in [1.165, 1.54) is 173 Å². The van der Waals surface area contributed by atoms with E-state index in [-0.39, 0.29) is 31.1 Å². The van der Waals surface area contributed by atoms with Crippen LogP contribution in [0.5, 0.6) is 0 Å². The Morgan fingerprint density at radius 3 is 0.924 bits per heavy atom. The molecule has 0 amide bonds. The van der Waals surface area contributed by atoms with Gasteiger partial charge in [-0.1, -0.05) is 268 Å². The summed E-state index contributed by atoms with van der Waals surface area (Å²) in [5.74, 6) is -0.859. The summed E-state index contributed by atoms with van der Waals surface area (Å²) in [6.45, 7) is 6.55. The van der Waals surface area contributed by atoms with E-state index in [2.05, 4.69) is 69.4 Å². The molecule has 0 fully saturated rings. The summed E-state index contributed by atoms with van der Waals surface area (Å²) < 4.78 is 16.9. The second kappa shape index (κ2) is 55.0. The molecule has 0 spiro atoms. The van der Waals surface area contributed by atoms with E-state index in [0.29, 0.717) is 19.3 Å². The lowest BCUT2D eigenvalue weighted by Crippen LogP contribution is -2.30. The molecule has 0 aliphatic rings. The fourth-order valence-electron chi connectivity index (χ4n) is 8.32. The minimum Gasteiger partial charge on any atom is -0.462 e. The van der Waals surface area contributed by atoms with Crippen LogP contribution in [0.3, 0.4) is 0 Å². The molecule has 384 valence electrons. The highest BCUT2D eigenvalue weighted by molar-refractivity contribution is 5.71. The minimum atomic E-state index is -0.769. The lowest BCUT2D eigenvalue weighted by molar-refractivity contribution is -0.167. The molecule has 6 heteroatoms. The number of rotatable bonds is 52. The molecule has 6 nitrogen and oxygen atoms in total. The number of carbonyl (C=O) groups excluding carboxylic acids is 3. The van der Waals surface area contributed by atoms with Crippen LogP contribution in [0.2, 0.25) is 0 Å². The molecule has 66 heavy (non-hydrogen) atoms. The van der Waals surface area contributed by atoms with Gasteiger partial charge < -0.3 is 14.2 Å². The van der Waals surface area contributed by atoms with Gasteiger partial charge in [-0.3, -0.25) is 14.4 Å². The first-order valence-corrected chi connectivity index (χ1v) is 28.6. The molecular weight excluding hydrogens is 817 g/mol. The summed E-state index contributed by atoms with van der Waals surface area (Å²) in [4.78, 5) is 38.1. The van der Waals surface area contributed by atoms with Crippen LogP contribution >= 0.6 is 0 Å². The largest absolute Gasteiger partial charge is 0.462 e. The summed E-state index contributed by atoms with van der Waals surface area (Å²) in [5.41, 5.74) is 0. The van der Waals surface area contributed by atoms with E-state index in [9.17, 15) is 14.4 Å². The zero-order valence-electron chi connectivity index (χ0n) is 44.0. The van der Waals surface area contributed by atoms with Gasteiger partial charge in [0.1, 0.15) is 13.2 Å². The molecule has 0 aromatic heterocycles. The molecule has 0 aromatic carbocycles. The highest BCUT2D eigenvalue weighted by Crippen LogP contribution is 2.16. The molecule has 0 N–H and O–H groups in total. The molecule has 0 radical (unpaired) electrons. The molecule has 0 aromatic rings. The Morgan fingerprint density at radius 2 is 0.591 bits per heavy atom. The highest BCUT2D eigenvalue weighted by atomic mass is 16.6. The van der Waals surface area contributed by atoms with E-state index in [1.54, 1.807) is 0 Å². The normalized spacial score (nSPS) is 12.3. The van der Waals surface area contributed by atoms with Gasteiger partial charge in [-0.2, -0.15) is 0 Å². The average molecular weight is 926 g/mol. The number of ether oxygens (including phenoxy) is 3. The maximum atomic E-state index is 12.8. The minimum absolute atomic E-state index is 0.0695. The van der Waals surface area contributed by atoms with Crippen molar-refractivity contribution >= 4 is 17.9 Å². The van der Waals surface area contributed by atoms with Crippen LogP contribution < -0.4 is 0 Å². The van der Waals surface area contributed by atoms with Gasteiger partial charge in [0.15, 0.2) is 6.10 Å². The molecule has 0 saturated heterocycles. The number of allylic oxidation sites excluding steroid dienone is 8. The zero-order valence-corrected chi connectivity index (χ0v) is 44.0. The lowest BCUT2D eigenvalue weighted by atomic mass is 10.0. The number of hydrogen-bond acceptors (Lipinski definition) is 6. The van der Waals surface area contributed by atoms with Gasteiger partial charge in [0.25, 0.3) is 0 Å². The third-order valence-electron chi connectivity index (χ3n) is 12.6. The van der Waals surface area contributed by atoms with E-state index in [4.69, 9.17) is 14.2 Å². The fraction of sp³-hybridized carbons (Fsp3) is 0.817. The average Bonchev–Trinajstić information content (AvgIpc) is 3.31. The van der Waals surface area contributed by atoms with Crippen molar-refractivity contribution in [1.82, 2.24) is 0 Å². The van der Waals surface area contributed by atoms with Crippen LogP contribution in [-0.2, 0) is 28.6 Å². The summed E-state index contributed by atoms with van der Waals surface area (Å²) >= 11 is 0. The molecule has 0 aliphatic heterocycles. The number of unbranched alkanes of at least 4 members (excludes halogenated alkanes) is 33. The van der Waals surface area contributed by atoms with Gasteiger partial charge in [0.05, 0.1) is 0 Å². The Morgan fingerprint density at radius 1 is 0.318 bits per heavy atom. The fourth-order valence-corrected chi connectivity index (χ4v) is 8.32. The van der Waals surface area contributed by atoms with Crippen LogP contribution in [0.25, 0.3) is 0 Å². The first-order chi connectivity index (χ1) is 32.5. The van der Waals surface area contributed by atoms with Crippen LogP contribution in [0.1, 0.15) is 297 Å². The van der Waals surface area contributed by atoms with Crippen molar-refractivity contribution in [2.45, 2.75) is 303 Å². The van der Waals surface area contributed by atoms with Crippen LogP contribution in [-0.4, -0.2) is 37.2 Å². The Hall–Kier alpha value is -2.63. The number of carbonyl (C=O) groups is 3. The first kappa shape index (κ1) is 63.4. The van der Waals surface area contributed by atoms with Gasteiger partial charge in [-0.05, 0) is 57.8 Å². The van der Waals surface area contributed by atoms with Crippen molar-refractivity contribution in [1.29, 1.82) is 0 Å². The monoisotopic (exact) mass is 925 g/mol. The summed E-state index contributed by atoms with van der Waals surface area (Å²) in [6, 6.07) is 0. The van der Waals surface area contributed by atoms with E-state index >= 15 is 0 Å². The van der Waals surface area contributed by atoms with Crippen molar-refractivity contribution in [3.63, 3.8) is 0 Å². The number of esters is 3. The third kappa shape index (κ3) is 52.3. The lowest BCUT2D eigenvalue weighted by Gasteiger charge is -2.18. The third-order valence-corrected chi connectivity index (χ3v) is 12.6. The number of hydrogen-bond donors (Lipinski definition) is 0. The topological polar surface area (TPSA) is 78.9 Å². The maximum Gasteiger partial charge on any atom is 0.306 e. The SMILES string of the molecule is CC/C=C\C/C=C\C/C=C\C/C=C\CCCCCCCCCCCCC(=O)OCC(COC(=O)CCCCCCCCCCCCC)OC(=O)CCCCCCCCCCCCCCCC. The molecular formula is C60H108O6. The van der Waals surface area contributed by atoms with Gasteiger partial charge >= 0.3 is 17.9 Å². The van der Waals surface area contributed by atoms with Gasteiger partial charge in [-0.15, -0.1) is 0 Å². The van der Waals surface area contributed by atoms with Gasteiger partial charge in [0.2, 0.25) is 0 Å².